The lowest BCUT2D eigenvalue weighted by Gasteiger charge is -2.35. The molecule has 2 atom stereocenters. The Bertz CT molecular complexity index is 1900. The van der Waals surface area contributed by atoms with Crippen LogP contribution in [0.25, 0.3) is 11.2 Å². The molecule has 0 radical (unpaired) electrons. The van der Waals surface area contributed by atoms with E-state index >= 15 is 0 Å². The molecule has 5 heterocycles. The number of anilines is 2. The monoisotopic (exact) mass is 655 g/mol. The van der Waals surface area contributed by atoms with E-state index in [0.717, 1.165) is 0 Å². The highest BCUT2D eigenvalue weighted by molar-refractivity contribution is 7.92. The normalized spacial score (nSPS) is 17.0. The van der Waals surface area contributed by atoms with Crippen LogP contribution in [0.5, 0.6) is 0 Å². The van der Waals surface area contributed by atoms with E-state index in [-0.39, 0.29) is 40.9 Å². The molecule has 1 aliphatic heterocycles. The number of rotatable bonds is 5. The average Bonchev–Trinajstić information content (AvgIpc) is 3.54. The summed E-state index contributed by atoms with van der Waals surface area (Å²) in [6.07, 6.45) is 0.0897. The van der Waals surface area contributed by atoms with Crippen LogP contribution in [0.4, 0.5) is 24.8 Å². The van der Waals surface area contributed by atoms with E-state index in [1.54, 1.807) is 35.9 Å². The van der Waals surface area contributed by atoms with Crippen molar-refractivity contribution in [1.29, 1.82) is 5.26 Å². The Balaban J connectivity index is 0.000000566. The van der Waals surface area contributed by atoms with Crippen molar-refractivity contribution in [2.24, 2.45) is 0 Å². The van der Waals surface area contributed by atoms with Gasteiger partial charge in [0, 0.05) is 31.0 Å². The van der Waals surface area contributed by atoms with Crippen molar-refractivity contribution in [2.45, 2.75) is 37.7 Å². The third kappa shape index (κ3) is 6.19. The van der Waals surface area contributed by atoms with E-state index in [2.05, 4.69) is 20.4 Å². The second-order valence-electron chi connectivity index (χ2n) is 9.70. The molecule has 19 heteroatoms. The van der Waals surface area contributed by atoms with Gasteiger partial charge in [-0.2, -0.15) is 18.4 Å². The van der Waals surface area contributed by atoms with Crippen LogP contribution < -0.4 is 16.0 Å². The van der Waals surface area contributed by atoms with Crippen LogP contribution in [0.3, 0.4) is 0 Å². The Morgan fingerprint density at radius 3 is 2.61 bits per heavy atom. The maximum atomic E-state index is 13.4. The molecule has 2 unspecified atom stereocenters. The van der Waals surface area contributed by atoms with Gasteiger partial charge >= 0.3 is 12.1 Å². The smallest absolute Gasteiger partial charge is 0.475 e. The molecule has 4 aromatic heterocycles. The number of sulfone groups is 1. The molecule has 5 rings (SSSR count). The number of nitriles is 1. The largest absolute Gasteiger partial charge is 0.490 e. The number of hydrogen-bond acceptors (Lipinski definition) is 10. The zero-order valence-electron chi connectivity index (χ0n) is 23.1. The minimum absolute atomic E-state index is 0.0225. The number of amides is 1. The quantitative estimate of drug-likeness (QED) is 0.285. The van der Waals surface area contributed by atoms with Gasteiger partial charge in [-0.15, -0.1) is 5.10 Å². The highest BCUT2D eigenvalue weighted by Gasteiger charge is 2.38. The number of imidazole rings is 1. The number of carboxylic acid groups (broad SMARTS) is 1. The predicted molar refractivity (Wildman–Crippen MR) is 152 cm³/mol. The molecule has 1 fully saturated rings. The highest BCUT2D eigenvalue weighted by atomic mass is 35.5. The topological polar surface area (TPSA) is 201 Å². The number of aromatic nitrogens is 5. The number of hydrogen-bond donors (Lipinski definition) is 3. The molecule has 234 valence electrons. The summed E-state index contributed by atoms with van der Waals surface area (Å²) in [5.74, 6) is -2.58. The first-order chi connectivity index (χ1) is 20.6. The molecule has 1 aliphatic rings. The van der Waals surface area contributed by atoms with Crippen molar-refractivity contribution in [2.75, 3.05) is 29.5 Å². The molecule has 4 N–H and O–H groups in total. The number of alkyl halides is 3. The lowest BCUT2D eigenvalue weighted by atomic mass is 10.0. The standard InChI is InChI=1S/C23H24ClN9O3S.C2HF3O2/c1-3-16(29-22(34)18-20(26)30-33-6-4-5-27-21(18)33)14-9-15(24)19-17(10-25)28-12-32(19)23(14)31-7-8-37(35,36)13(2)11-31;3-2(4,5)1(6)7/h4-6,9,12-13,16H,3,7-8,11H2,1-2H3,(H2,26,30)(H,29,34);(H,6,7). The lowest BCUT2D eigenvalue weighted by molar-refractivity contribution is -0.192. The fourth-order valence-corrected chi connectivity index (χ4v) is 6.30. The van der Waals surface area contributed by atoms with Crippen molar-refractivity contribution >= 4 is 56.1 Å². The molecule has 44 heavy (non-hydrogen) atoms. The summed E-state index contributed by atoms with van der Waals surface area (Å²) in [6, 6.07) is 4.89. The predicted octanol–water partition coefficient (Wildman–Crippen LogP) is 2.62. The second kappa shape index (κ2) is 12.2. The third-order valence-electron chi connectivity index (χ3n) is 6.88. The zero-order valence-corrected chi connectivity index (χ0v) is 24.7. The Hall–Kier alpha value is -4.63. The third-order valence-corrected chi connectivity index (χ3v) is 9.30. The van der Waals surface area contributed by atoms with E-state index in [1.165, 1.54) is 10.8 Å². The van der Waals surface area contributed by atoms with Crippen molar-refractivity contribution < 1.29 is 36.3 Å². The molecule has 1 saturated heterocycles. The first kappa shape index (κ1) is 32.3. The molecule has 4 aromatic rings. The number of nitrogen functional groups attached to an aromatic ring is 1. The number of carbonyl (C=O) groups is 2. The Kier molecular flexibility index (Phi) is 8.93. The van der Waals surface area contributed by atoms with Gasteiger partial charge in [0.15, 0.2) is 27.0 Å². The van der Waals surface area contributed by atoms with Gasteiger partial charge < -0.3 is 21.1 Å². The number of pyridine rings is 1. The second-order valence-corrected chi connectivity index (χ2v) is 12.6. The van der Waals surface area contributed by atoms with E-state index in [0.29, 0.717) is 29.0 Å². The summed E-state index contributed by atoms with van der Waals surface area (Å²) >= 11 is 6.63. The number of nitrogens with one attached hydrogen (secondary N) is 1. The first-order valence-corrected chi connectivity index (χ1v) is 15.0. The van der Waals surface area contributed by atoms with Gasteiger partial charge in [-0.25, -0.2) is 27.7 Å². The number of nitrogens with two attached hydrogens (primary N) is 1. The van der Waals surface area contributed by atoms with Gasteiger partial charge in [0.2, 0.25) is 0 Å². The minimum atomic E-state index is -5.08. The molecule has 0 aromatic carbocycles. The molecule has 0 aliphatic carbocycles. The molecular weight excluding hydrogens is 631 g/mol. The summed E-state index contributed by atoms with van der Waals surface area (Å²) < 4.78 is 59.7. The van der Waals surface area contributed by atoms with Gasteiger partial charge in [0.1, 0.15) is 29.3 Å². The summed E-state index contributed by atoms with van der Waals surface area (Å²) in [4.78, 5) is 32.7. The average molecular weight is 656 g/mol. The van der Waals surface area contributed by atoms with Crippen LogP contribution in [0, 0.1) is 11.3 Å². The van der Waals surface area contributed by atoms with Crippen molar-refractivity contribution in [3.63, 3.8) is 0 Å². The number of halogens is 4. The highest BCUT2D eigenvalue weighted by Crippen LogP contribution is 2.36. The summed E-state index contributed by atoms with van der Waals surface area (Å²) in [5, 5.41) is 23.6. The van der Waals surface area contributed by atoms with Gasteiger partial charge in [0.05, 0.1) is 22.1 Å². The molecule has 1 amide bonds. The summed E-state index contributed by atoms with van der Waals surface area (Å²) in [5.41, 5.74) is 7.75. The maximum Gasteiger partial charge on any atom is 0.490 e. The van der Waals surface area contributed by atoms with E-state index in [9.17, 15) is 31.6 Å². The number of carboxylic acids is 1. The van der Waals surface area contributed by atoms with Gasteiger partial charge in [-0.3, -0.25) is 9.20 Å². The van der Waals surface area contributed by atoms with Crippen molar-refractivity contribution in [3.05, 3.63) is 52.7 Å². The first-order valence-electron chi connectivity index (χ1n) is 12.9. The van der Waals surface area contributed by atoms with Crippen LogP contribution in [0.2, 0.25) is 5.02 Å². The van der Waals surface area contributed by atoms with E-state index in [4.69, 9.17) is 27.2 Å². The molecule has 0 bridgehead atoms. The maximum absolute atomic E-state index is 13.4. The molecule has 0 saturated carbocycles. The van der Waals surface area contributed by atoms with Crippen molar-refractivity contribution in [1.82, 2.24) is 29.3 Å². The Morgan fingerprint density at radius 2 is 2.02 bits per heavy atom. The summed E-state index contributed by atoms with van der Waals surface area (Å²) in [6.45, 7) is 4.05. The van der Waals surface area contributed by atoms with Crippen LogP contribution >= 0.6 is 11.6 Å². The van der Waals surface area contributed by atoms with Crippen molar-refractivity contribution in [3.8, 4) is 6.07 Å². The van der Waals surface area contributed by atoms with Gasteiger partial charge in [0.25, 0.3) is 5.91 Å². The zero-order chi connectivity index (χ0) is 32.6. The summed E-state index contributed by atoms with van der Waals surface area (Å²) in [7, 11) is -3.22. The fourth-order valence-electron chi connectivity index (χ4n) is 4.72. The molecule has 14 nitrogen and oxygen atoms in total. The van der Waals surface area contributed by atoms with Crippen LogP contribution in [0.15, 0.2) is 30.9 Å². The SMILES string of the molecule is CCC(NC(=O)c1c(N)nn2cccnc12)c1cc(Cl)c2c(C#N)ncn2c1N1CCS(=O)(=O)C(C)C1.O=C(O)C(F)(F)F. The fraction of sp³-hybridized carbons (Fsp3) is 0.360. The van der Waals surface area contributed by atoms with Crippen LogP contribution in [-0.2, 0) is 14.6 Å². The van der Waals surface area contributed by atoms with E-state index in [1.807, 2.05) is 17.9 Å². The Labute approximate surface area is 252 Å². The Morgan fingerprint density at radius 1 is 1.34 bits per heavy atom. The van der Waals surface area contributed by atoms with E-state index < -0.39 is 39.2 Å². The number of carbonyl (C=O) groups excluding carboxylic acids is 1. The van der Waals surface area contributed by atoms with Crippen LogP contribution in [0.1, 0.15) is 47.9 Å². The lowest BCUT2D eigenvalue weighted by Crippen LogP contribution is -2.47. The number of aliphatic carboxylic acids is 1. The van der Waals surface area contributed by atoms with Gasteiger partial charge in [-0.05, 0) is 25.5 Å². The molecular formula is C25H25ClF3N9O5S. The van der Waals surface area contributed by atoms with Crippen LogP contribution in [-0.4, -0.2) is 79.7 Å². The van der Waals surface area contributed by atoms with Gasteiger partial charge in [-0.1, -0.05) is 18.5 Å². The molecule has 0 spiro atoms. The number of nitrogens with zero attached hydrogens (tertiary/aromatic N) is 7. The minimum Gasteiger partial charge on any atom is -0.475 e. The number of fused-ring (bicyclic) bond motifs is 2.